The smallest absolute Gasteiger partial charge is 0.407 e. The van der Waals surface area contributed by atoms with Crippen LogP contribution < -0.4 is 15.0 Å². The molecule has 1 spiro atoms. The predicted molar refractivity (Wildman–Crippen MR) is 166 cm³/mol. The van der Waals surface area contributed by atoms with Gasteiger partial charge in [-0.05, 0) is 78.5 Å². The number of ether oxygens (including phenoxy) is 2. The number of carbonyl (C=O) groups excluding carboxylic acids is 2. The van der Waals surface area contributed by atoms with Gasteiger partial charge in [0.1, 0.15) is 23.5 Å². The Morgan fingerprint density at radius 3 is 2.52 bits per heavy atom. The molecule has 2 aliphatic heterocycles. The van der Waals surface area contributed by atoms with Crippen molar-refractivity contribution in [3.05, 3.63) is 35.9 Å². The molecule has 1 aromatic heterocycles. The Balaban J connectivity index is 1.42. The summed E-state index contributed by atoms with van der Waals surface area (Å²) in [6.45, 7) is 20.2. The van der Waals surface area contributed by atoms with Crippen LogP contribution in [-0.2, 0) is 4.74 Å². The van der Waals surface area contributed by atoms with Crippen LogP contribution in [0.4, 0.5) is 15.0 Å². The summed E-state index contributed by atoms with van der Waals surface area (Å²) < 4.78 is 25.8. The highest BCUT2D eigenvalue weighted by atomic mass is 19.1. The number of aromatic nitrogens is 3. The molecule has 0 unspecified atom stereocenters. The number of hydrogen-bond acceptors (Lipinski definition) is 9. The predicted octanol–water partition coefficient (Wildman–Crippen LogP) is 5.13. The quantitative estimate of drug-likeness (QED) is 0.369. The van der Waals surface area contributed by atoms with Gasteiger partial charge in [0.25, 0.3) is 11.8 Å². The van der Waals surface area contributed by atoms with Crippen molar-refractivity contribution in [2.75, 3.05) is 44.2 Å². The fraction of sp³-hybridized carbons (Fsp3) is 0.656. The van der Waals surface area contributed by atoms with E-state index in [0.29, 0.717) is 30.9 Å². The minimum absolute atomic E-state index is 0.0586. The molecule has 3 heterocycles. The molecule has 242 valence electrons. The van der Waals surface area contributed by atoms with Gasteiger partial charge in [-0.25, -0.2) is 14.2 Å². The highest BCUT2D eigenvalue weighted by Gasteiger charge is 2.50. The lowest BCUT2D eigenvalue weighted by Crippen LogP contribution is -2.62. The molecule has 2 fully saturated rings. The second-order valence-corrected chi connectivity index (χ2v) is 13.6. The zero-order chi connectivity index (χ0) is 32.2. The van der Waals surface area contributed by atoms with Crippen LogP contribution >= 0.6 is 0 Å². The van der Waals surface area contributed by atoms with Gasteiger partial charge in [-0.1, -0.05) is 13.8 Å². The summed E-state index contributed by atoms with van der Waals surface area (Å²) in [5.41, 5.74) is -0.276. The number of nitrogens with zero attached hydrogens (tertiary/aromatic N) is 6. The van der Waals surface area contributed by atoms with E-state index in [9.17, 15) is 14.0 Å². The molecule has 2 aromatic rings. The fourth-order valence-electron chi connectivity index (χ4n) is 6.30. The van der Waals surface area contributed by atoms with Gasteiger partial charge in [-0.3, -0.25) is 9.69 Å². The number of amides is 2. The first-order valence-electron chi connectivity index (χ1n) is 15.6. The molecular weight excluding hydrogens is 565 g/mol. The first kappa shape index (κ1) is 33.4. The van der Waals surface area contributed by atoms with Crippen LogP contribution in [0.5, 0.6) is 11.6 Å². The van der Waals surface area contributed by atoms with Crippen molar-refractivity contribution in [2.45, 2.75) is 85.9 Å². The van der Waals surface area contributed by atoms with E-state index in [4.69, 9.17) is 9.47 Å². The first-order valence-corrected chi connectivity index (χ1v) is 15.6. The number of benzene rings is 1. The van der Waals surface area contributed by atoms with Crippen LogP contribution in [0, 0.1) is 17.2 Å². The standard InChI is InChI=1S/C32H48FN7O4/c1-9-40(22(4)5)29(41)24-16-23(33)10-11-26(24)43-28-27(35-20-36-37-28)38-15-13-32(17-38)18-39(19-32)25(21(2)3)12-14-34-30(42)44-31(6,7)8/h10-11,16,20-22,25H,9,12-15,17-19H2,1-8H3,(H,34,42)/t25-/m0/s1. The van der Waals surface area contributed by atoms with Gasteiger partial charge in [0.2, 0.25) is 0 Å². The van der Waals surface area contributed by atoms with E-state index >= 15 is 0 Å². The van der Waals surface area contributed by atoms with Crippen molar-refractivity contribution in [2.24, 2.45) is 11.3 Å². The SMILES string of the molecule is CCN(C(=O)c1cc(F)ccc1Oc1nncnc1N1CCC2(C1)CN([C@@H](CCNC(=O)OC(C)(C)C)C(C)C)C2)C(C)C. The molecule has 2 amide bonds. The van der Waals surface area contributed by atoms with E-state index in [2.05, 4.69) is 44.1 Å². The van der Waals surface area contributed by atoms with Crippen LogP contribution in [0.2, 0.25) is 0 Å². The third-order valence-electron chi connectivity index (χ3n) is 8.34. The van der Waals surface area contributed by atoms with Crippen molar-refractivity contribution in [1.29, 1.82) is 0 Å². The second kappa shape index (κ2) is 13.6. The lowest BCUT2D eigenvalue weighted by Gasteiger charge is -2.52. The summed E-state index contributed by atoms with van der Waals surface area (Å²) in [5, 5.41) is 11.1. The number of likely N-dealkylation sites (tertiary alicyclic amines) is 1. The van der Waals surface area contributed by atoms with Gasteiger partial charge in [-0.2, -0.15) is 0 Å². The number of halogens is 1. The Hall–Kier alpha value is -3.54. The maximum atomic E-state index is 14.3. The minimum Gasteiger partial charge on any atom is -0.444 e. The maximum absolute atomic E-state index is 14.3. The Kier molecular flexibility index (Phi) is 10.3. The van der Waals surface area contributed by atoms with E-state index in [1.807, 2.05) is 41.5 Å². The number of hydrogen-bond donors (Lipinski definition) is 1. The van der Waals surface area contributed by atoms with Crippen LogP contribution in [0.1, 0.15) is 78.6 Å². The van der Waals surface area contributed by atoms with Crippen molar-refractivity contribution in [3.8, 4) is 11.6 Å². The molecule has 0 bridgehead atoms. The van der Waals surface area contributed by atoms with Gasteiger partial charge in [-0.15, -0.1) is 10.2 Å². The number of nitrogens with one attached hydrogen (secondary N) is 1. The summed E-state index contributed by atoms with van der Waals surface area (Å²) in [5.74, 6) is 0.546. The monoisotopic (exact) mass is 613 g/mol. The van der Waals surface area contributed by atoms with Crippen LogP contribution in [0.25, 0.3) is 0 Å². The molecule has 0 saturated carbocycles. The fourth-order valence-corrected chi connectivity index (χ4v) is 6.30. The molecule has 1 N–H and O–H groups in total. The topological polar surface area (TPSA) is 113 Å². The zero-order valence-corrected chi connectivity index (χ0v) is 27.4. The molecular formula is C32H48FN7O4. The molecule has 2 aliphatic rings. The molecule has 1 atom stereocenters. The van der Waals surface area contributed by atoms with Crippen molar-refractivity contribution < 1.29 is 23.5 Å². The molecule has 2 saturated heterocycles. The third kappa shape index (κ3) is 7.94. The first-order chi connectivity index (χ1) is 20.7. The molecule has 44 heavy (non-hydrogen) atoms. The van der Waals surface area contributed by atoms with Crippen molar-refractivity contribution in [3.63, 3.8) is 0 Å². The Morgan fingerprint density at radius 1 is 1.16 bits per heavy atom. The van der Waals surface area contributed by atoms with Gasteiger partial charge >= 0.3 is 6.09 Å². The highest BCUT2D eigenvalue weighted by molar-refractivity contribution is 5.97. The molecule has 11 nitrogen and oxygen atoms in total. The number of rotatable bonds is 11. The third-order valence-corrected chi connectivity index (χ3v) is 8.34. The van der Waals surface area contributed by atoms with Crippen LogP contribution in [0.15, 0.2) is 24.5 Å². The van der Waals surface area contributed by atoms with Gasteiger partial charge in [0.15, 0.2) is 5.82 Å². The summed E-state index contributed by atoms with van der Waals surface area (Å²) >= 11 is 0. The highest BCUT2D eigenvalue weighted by Crippen LogP contribution is 2.44. The van der Waals surface area contributed by atoms with Crippen LogP contribution in [0.3, 0.4) is 0 Å². The number of alkyl carbamates (subject to hydrolysis) is 1. The van der Waals surface area contributed by atoms with Gasteiger partial charge in [0, 0.05) is 56.8 Å². The molecule has 0 aliphatic carbocycles. The molecule has 1 aromatic carbocycles. The number of anilines is 1. The van der Waals surface area contributed by atoms with E-state index in [-0.39, 0.29) is 40.7 Å². The lowest BCUT2D eigenvalue weighted by atomic mass is 9.76. The second-order valence-electron chi connectivity index (χ2n) is 13.6. The van der Waals surface area contributed by atoms with Crippen molar-refractivity contribution in [1.82, 2.24) is 30.3 Å². The largest absolute Gasteiger partial charge is 0.444 e. The van der Waals surface area contributed by atoms with E-state index in [1.165, 1.54) is 24.5 Å². The van der Waals surface area contributed by atoms with E-state index in [1.54, 1.807) is 4.90 Å². The summed E-state index contributed by atoms with van der Waals surface area (Å²) in [6, 6.07) is 4.20. The van der Waals surface area contributed by atoms with E-state index < -0.39 is 11.4 Å². The number of carbonyl (C=O) groups is 2. The summed E-state index contributed by atoms with van der Waals surface area (Å²) in [7, 11) is 0. The minimum atomic E-state index is -0.521. The zero-order valence-electron chi connectivity index (χ0n) is 27.4. The Morgan fingerprint density at radius 2 is 1.89 bits per heavy atom. The van der Waals surface area contributed by atoms with Crippen LogP contribution in [-0.4, -0.2) is 93.9 Å². The average molecular weight is 614 g/mol. The molecule has 12 heteroatoms. The van der Waals surface area contributed by atoms with Crippen molar-refractivity contribution >= 4 is 17.8 Å². The van der Waals surface area contributed by atoms with E-state index in [0.717, 1.165) is 39.0 Å². The normalized spacial score (nSPS) is 17.1. The van der Waals surface area contributed by atoms with Gasteiger partial charge < -0.3 is 24.6 Å². The summed E-state index contributed by atoms with van der Waals surface area (Å²) in [4.78, 5) is 36.3. The Bertz CT molecular complexity index is 1310. The lowest BCUT2D eigenvalue weighted by molar-refractivity contribution is -0.0334. The molecule has 0 radical (unpaired) electrons. The molecule has 4 rings (SSSR count). The Labute approximate surface area is 260 Å². The van der Waals surface area contributed by atoms with Gasteiger partial charge in [0.05, 0.1) is 5.56 Å². The summed E-state index contributed by atoms with van der Waals surface area (Å²) in [6.07, 6.45) is 2.84. The maximum Gasteiger partial charge on any atom is 0.407 e. The average Bonchev–Trinajstić information content (AvgIpc) is 3.36.